The van der Waals surface area contributed by atoms with Gasteiger partial charge in [0.05, 0.1) is 17.4 Å². The highest BCUT2D eigenvalue weighted by Crippen LogP contribution is 2.55. The molecule has 0 radical (unpaired) electrons. The number of aromatic nitrogens is 2. The number of thioether (sulfide) groups is 1. The van der Waals surface area contributed by atoms with Crippen molar-refractivity contribution in [3.05, 3.63) is 41.2 Å². The Balaban J connectivity index is 1.22. The average Bonchev–Trinajstić information content (AvgIpc) is 2.85. The molecule has 2 aromatic rings. The van der Waals surface area contributed by atoms with Crippen molar-refractivity contribution < 1.29 is 18.3 Å². The minimum absolute atomic E-state index is 0.0323. The van der Waals surface area contributed by atoms with Gasteiger partial charge in [-0.3, -0.25) is 0 Å². The number of alkyl halides is 3. The first-order valence-electron chi connectivity index (χ1n) is 13.9. The van der Waals surface area contributed by atoms with E-state index in [-0.39, 0.29) is 17.6 Å². The molecule has 1 spiro atoms. The minimum Gasteiger partial charge on any atom is -0.393 e. The Labute approximate surface area is 228 Å². The van der Waals surface area contributed by atoms with E-state index >= 15 is 0 Å². The zero-order chi connectivity index (χ0) is 27.1. The van der Waals surface area contributed by atoms with E-state index in [1.54, 1.807) is 0 Å². The fraction of sp³-hybridized carbons (Fsp3) is 0.655. The van der Waals surface area contributed by atoms with Gasteiger partial charge in [0.1, 0.15) is 0 Å². The second kappa shape index (κ2) is 11.0. The molecule has 0 unspecified atom stereocenters. The maximum Gasteiger partial charge on any atom is 0.419 e. The zero-order valence-electron chi connectivity index (χ0n) is 22.5. The molecule has 2 saturated carbocycles. The number of piperidine rings is 1. The smallest absolute Gasteiger partial charge is 0.393 e. The predicted molar refractivity (Wildman–Crippen MR) is 146 cm³/mol. The van der Waals surface area contributed by atoms with Crippen LogP contribution in [0.25, 0.3) is 0 Å². The highest BCUT2D eigenvalue weighted by atomic mass is 32.2. The highest BCUT2D eigenvalue weighted by molar-refractivity contribution is 8.00. The predicted octanol–water partition coefficient (Wildman–Crippen LogP) is 7.31. The molecular formula is C29H39F3N4OS. The largest absolute Gasteiger partial charge is 0.419 e. The van der Waals surface area contributed by atoms with Crippen molar-refractivity contribution in [2.24, 2.45) is 5.41 Å². The van der Waals surface area contributed by atoms with Crippen LogP contribution >= 0.6 is 11.8 Å². The first-order chi connectivity index (χ1) is 18.0. The van der Waals surface area contributed by atoms with Crippen molar-refractivity contribution in [2.75, 3.05) is 18.4 Å². The molecule has 0 atom stereocenters. The number of benzene rings is 1. The molecule has 2 heterocycles. The van der Waals surface area contributed by atoms with Gasteiger partial charge in [-0.05, 0) is 114 Å². The summed E-state index contributed by atoms with van der Waals surface area (Å²) in [6.45, 7) is 8.99. The molecule has 208 valence electrons. The summed E-state index contributed by atoms with van der Waals surface area (Å²) < 4.78 is 41.1. The van der Waals surface area contributed by atoms with E-state index in [9.17, 15) is 18.3 Å². The molecule has 2 aliphatic carbocycles. The minimum atomic E-state index is -4.51. The Hall–Kier alpha value is -1.84. The van der Waals surface area contributed by atoms with Crippen molar-refractivity contribution in [3.63, 3.8) is 0 Å². The number of aliphatic hydroxyl groups is 1. The van der Waals surface area contributed by atoms with E-state index in [4.69, 9.17) is 0 Å². The summed E-state index contributed by atoms with van der Waals surface area (Å²) in [6.07, 6.45) is 3.08. The van der Waals surface area contributed by atoms with Gasteiger partial charge in [-0.2, -0.15) is 13.2 Å². The van der Waals surface area contributed by atoms with Crippen LogP contribution in [0, 0.1) is 12.3 Å². The summed E-state index contributed by atoms with van der Waals surface area (Å²) in [5.41, 5.74) is 1.60. The monoisotopic (exact) mass is 548 g/mol. The second-order valence-electron chi connectivity index (χ2n) is 11.9. The summed E-state index contributed by atoms with van der Waals surface area (Å²) in [5.74, 6) is -0.155. The van der Waals surface area contributed by atoms with Crippen LogP contribution in [0.3, 0.4) is 0 Å². The molecule has 1 aromatic carbocycles. The van der Waals surface area contributed by atoms with Gasteiger partial charge >= 0.3 is 6.18 Å². The van der Waals surface area contributed by atoms with Gasteiger partial charge in [-0.15, -0.1) is 11.8 Å². The van der Waals surface area contributed by atoms with Crippen LogP contribution in [0.4, 0.5) is 24.8 Å². The molecule has 2 N–H and O–H groups in total. The molecule has 3 fully saturated rings. The lowest BCUT2D eigenvalue weighted by Crippen LogP contribution is -2.49. The standard InChI is InChI=1S/C29H39F3N4OS/c1-18(2)36-12-10-28(11-13-36)15-23(16-28)38-22-8-9-25(19(3)14-22)34-27-33-17-24(29(30,31)32)26(35-27)20-4-6-21(37)7-5-20/h8-9,14,17-18,20-21,23,37H,4-7,10-13,15-16H2,1-3H3,(H,33,34,35). The van der Waals surface area contributed by atoms with Crippen LogP contribution in [0.15, 0.2) is 29.3 Å². The van der Waals surface area contributed by atoms with Gasteiger partial charge in [0.25, 0.3) is 0 Å². The fourth-order valence-corrected chi connectivity index (χ4v) is 8.06. The number of nitrogens with one attached hydrogen (secondary N) is 1. The zero-order valence-corrected chi connectivity index (χ0v) is 23.3. The SMILES string of the molecule is Cc1cc(SC2CC3(CCN(C(C)C)CC3)C2)ccc1Nc1ncc(C(F)(F)F)c(C2CCC(O)CC2)n1. The first kappa shape index (κ1) is 27.7. The molecular weight excluding hydrogens is 509 g/mol. The molecule has 5 rings (SSSR count). The van der Waals surface area contributed by atoms with E-state index in [1.165, 1.54) is 43.7 Å². The summed E-state index contributed by atoms with van der Waals surface area (Å²) >= 11 is 1.94. The number of hydrogen-bond acceptors (Lipinski definition) is 6. The molecule has 1 aliphatic heterocycles. The summed E-state index contributed by atoms with van der Waals surface area (Å²) in [7, 11) is 0. The van der Waals surface area contributed by atoms with Crippen molar-refractivity contribution in [2.45, 2.75) is 107 Å². The van der Waals surface area contributed by atoms with E-state index in [0.29, 0.717) is 42.4 Å². The van der Waals surface area contributed by atoms with Gasteiger partial charge in [0.2, 0.25) is 5.95 Å². The topological polar surface area (TPSA) is 61.3 Å². The lowest BCUT2D eigenvalue weighted by molar-refractivity contribution is -0.139. The second-order valence-corrected chi connectivity index (χ2v) is 13.2. The average molecular weight is 549 g/mol. The molecule has 1 saturated heterocycles. The molecule has 9 heteroatoms. The van der Waals surface area contributed by atoms with Gasteiger partial charge in [0, 0.05) is 34.0 Å². The van der Waals surface area contributed by atoms with Crippen molar-refractivity contribution in [1.29, 1.82) is 0 Å². The lowest BCUT2D eigenvalue weighted by Gasteiger charge is -2.52. The molecule has 5 nitrogen and oxygen atoms in total. The van der Waals surface area contributed by atoms with E-state index in [1.807, 2.05) is 24.8 Å². The molecule has 0 amide bonds. The van der Waals surface area contributed by atoms with Crippen LogP contribution < -0.4 is 5.32 Å². The van der Waals surface area contributed by atoms with Crippen LogP contribution in [0.5, 0.6) is 0 Å². The van der Waals surface area contributed by atoms with Gasteiger partial charge < -0.3 is 15.3 Å². The quantitative estimate of drug-likeness (QED) is 0.395. The van der Waals surface area contributed by atoms with Crippen LogP contribution in [0.2, 0.25) is 0 Å². The van der Waals surface area contributed by atoms with Crippen LogP contribution in [-0.2, 0) is 6.18 Å². The molecule has 3 aliphatic rings. The fourth-order valence-electron chi connectivity index (χ4n) is 6.41. The summed E-state index contributed by atoms with van der Waals surface area (Å²) in [4.78, 5) is 12.2. The van der Waals surface area contributed by atoms with Gasteiger partial charge in [0.15, 0.2) is 0 Å². The maximum atomic E-state index is 13.7. The first-order valence-corrected chi connectivity index (χ1v) is 14.8. The number of nitrogens with zero attached hydrogens (tertiary/aromatic N) is 3. The van der Waals surface area contributed by atoms with Crippen molar-refractivity contribution in [3.8, 4) is 0 Å². The van der Waals surface area contributed by atoms with Crippen LogP contribution in [-0.4, -0.2) is 50.5 Å². The third-order valence-corrected chi connectivity index (χ3v) is 10.1. The molecule has 0 bridgehead atoms. The number of halogens is 3. The Bertz CT molecular complexity index is 1120. The Morgan fingerprint density at radius 1 is 1.11 bits per heavy atom. The van der Waals surface area contributed by atoms with Crippen molar-refractivity contribution in [1.82, 2.24) is 14.9 Å². The van der Waals surface area contributed by atoms with Gasteiger partial charge in [-0.25, -0.2) is 9.97 Å². The lowest BCUT2D eigenvalue weighted by atomic mass is 9.63. The Morgan fingerprint density at radius 3 is 2.39 bits per heavy atom. The van der Waals surface area contributed by atoms with Gasteiger partial charge in [-0.1, -0.05) is 0 Å². The number of anilines is 2. The normalized spacial score (nSPS) is 24.5. The van der Waals surface area contributed by atoms with E-state index in [2.05, 4.69) is 46.2 Å². The molecule has 1 aromatic heterocycles. The summed E-state index contributed by atoms with van der Waals surface area (Å²) in [5, 5.41) is 13.6. The Kier molecular flexibility index (Phi) is 8.00. The van der Waals surface area contributed by atoms with Crippen molar-refractivity contribution >= 4 is 23.4 Å². The Morgan fingerprint density at radius 2 is 1.79 bits per heavy atom. The third kappa shape index (κ3) is 6.15. The van der Waals surface area contributed by atoms with E-state index < -0.39 is 17.8 Å². The van der Waals surface area contributed by atoms with Crippen LogP contribution in [0.1, 0.15) is 88.0 Å². The number of rotatable bonds is 6. The number of aliphatic hydroxyl groups excluding tert-OH is 1. The highest BCUT2D eigenvalue weighted by Gasteiger charge is 2.46. The maximum absolute atomic E-state index is 13.7. The number of likely N-dealkylation sites (tertiary alicyclic amines) is 1. The molecule has 38 heavy (non-hydrogen) atoms. The van der Waals surface area contributed by atoms with E-state index in [0.717, 1.165) is 17.4 Å². The third-order valence-electron chi connectivity index (χ3n) is 8.86. The number of hydrogen-bond donors (Lipinski definition) is 2. The number of aryl methyl sites for hydroxylation is 1. The summed E-state index contributed by atoms with van der Waals surface area (Å²) in [6, 6.07) is 6.84.